The van der Waals surface area contributed by atoms with Crippen LogP contribution in [0.5, 0.6) is 0 Å². The van der Waals surface area contributed by atoms with Crippen LogP contribution in [-0.2, 0) is 0 Å². The molecule has 5 heteroatoms. The molecule has 0 spiro atoms. The van der Waals surface area contributed by atoms with E-state index in [1.165, 1.54) is 18.2 Å². The van der Waals surface area contributed by atoms with Crippen LogP contribution in [0, 0.1) is 11.7 Å². The zero-order valence-electron chi connectivity index (χ0n) is 10.7. The summed E-state index contributed by atoms with van der Waals surface area (Å²) in [7, 11) is 0. The van der Waals surface area contributed by atoms with E-state index in [0.717, 1.165) is 32.4 Å². The van der Waals surface area contributed by atoms with E-state index in [2.05, 4.69) is 15.9 Å². The summed E-state index contributed by atoms with van der Waals surface area (Å²) in [6, 6.07) is 4.18. The maximum absolute atomic E-state index is 13.0. The van der Waals surface area contributed by atoms with Gasteiger partial charge in [0, 0.05) is 17.6 Å². The Bertz CT molecular complexity index is 465. The van der Waals surface area contributed by atoms with Crippen LogP contribution in [0.3, 0.4) is 0 Å². The molecule has 1 unspecified atom stereocenters. The van der Waals surface area contributed by atoms with Crippen LogP contribution in [0.4, 0.5) is 4.39 Å². The van der Waals surface area contributed by atoms with Gasteiger partial charge in [-0.1, -0.05) is 0 Å². The maximum Gasteiger partial charge on any atom is 0.255 e. The van der Waals surface area contributed by atoms with Crippen LogP contribution in [-0.4, -0.2) is 30.4 Å². The first-order valence-corrected chi connectivity index (χ1v) is 7.35. The van der Waals surface area contributed by atoms with Crippen molar-refractivity contribution >= 4 is 21.8 Å². The molecule has 0 aliphatic carbocycles. The van der Waals surface area contributed by atoms with Crippen LogP contribution in [0.25, 0.3) is 0 Å². The van der Waals surface area contributed by atoms with E-state index in [-0.39, 0.29) is 11.7 Å². The highest BCUT2D eigenvalue weighted by Gasteiger charge is 2.25. The number of benzene rings is 1. The Labute approximate surface area is 121 Å². The van der Waals surface area contributed by atoms with Crippen LogP contribution in [0.2, 0.25) is 0 Å². The predicted octanol–water partition coefficient (Wildman–Crippen LogP) is 2.79. The molecule has 104 valence electrons. The second-order valence-electron chi connectivity index (χ2n) is 4.96. The fourth-order valence-corrected chi connectivity index (χ4v) is 3.07. The highest BCUT2D eigenvalue weighted by atomic mass is 79.9. The number of rotatable bonds is 3. The Morgan fingerprint density at radius 2 is 2.32 bits per heavy atom. The molecule has 1 saturated heterocycles. The summed E-state index contributed by atoms with van der Waals surface area (Å²) in [6.45, 7) is 2.18. The molecular formula is C14H18BrFN2O. The van der Waals surface area contributed by atoms with Gasteiger partial charge < -0.3 is 10.6 Å². The lowest BCUT2D eigenvalue weighted by Gasteiger charge is -2.33. The van der Waals surface area contributed by atoms with Crippen molar-refractivity contribution in [3.8, 4) is 0 Å². The summed E-state index contributed by atoms with van der Waals surface area (Å²) in [5.74, 6) is 0.110. The Morgan fingerprint density at radius 3 is 3.00 bits per heavy atom. The Balaban J connectivity index is 2.10. The van der Waals surface area contributed by atoms with Gasteiger partial charge in [0.15, 0.2) is 0 Å². The minimum absolute atomic E-state index is 0.0337. The van der Waals surface area contributed by atoms with Gasteiger partial charge in [-0.05, 0) is 65.9 Å². The Morgan fingerprint density at radius 1 is 1.53 bits per heavy atom. The number of amides is 1. The molecule has 3 nitrogen and oxygen atoms in total. The number of halogens is 2. The molecule has 1 atom stereocenters. The third-order valence-electron chi connectivity index (χ3n) is 3.54. The molecule has 0 bridgehead atoms. The number of nitrogens with zero attached hydrogens (tertiary/aromatic N) is 1. The van der Waals surface area contributed by atoms with E-state index in [0.29, 0.717) is 22.5 Å². The van der Waals surface area contributed by atoms with Gasteiger partial charge in [-0.3, -0.25) is 4.79 Å². The second kappa shape index (κ2) is 6.48. The van der Waals surface area contributed by atoms with E-state index in [1.54, 1.807) is 0 Å². The van der Waals surface area contributed by atoms with Gasteiger partial charge in [0.05, 0.1) is 5.56 Å². The fraction of sp³-hybridized carbons (Fsp3) is 0.500. The van der Waals surface area contributed by atoms with Gasteiger partial charge in [0.2, 0.25) is 0 Å². The zero-order chi connectivity index (χ0) is 13.8. The quantitative estimate of drug-likeness (QED) is 0.927. The number of likely N-dealkylation sites (tertiary alicyclic amines) is 1. The maximum atomic E-state index is 13.0. The Hall–Kier alpha value is -0.940. The molecule has 2 rings (SSSR count). The average molecular weight is 329 g/mol. The monoisotopic (exact) mass is 328 g/mol. The van der Waals surface area contributed by atoms with Crippen LogP contribution in [0.15, 0.2) is 22.7 Å². The van der Waals surface area contributed by atoms with Crippen LogP contribution >= 0.6 is 15.9 Å². The SMILES string of the molecule is NCCC1CCCN(C(=O)c2ccc(F)cc2Br)C1. The molecule has 2 N–H and O–H groups in total. The van der Waals surface area contributed by atoms with Crippen molar-refractivity contribution < 1.29 is 9.18 Å². The van der Waals surface area contributed by atoms with Gasteiger partial charge in [-0.2, -0.15) is 0 Å². The summed E-state index contributed by atoms with van der Waals surface area (Å²) >= 11 is 3.25. The highest BCUT2D eigenvalue weighted by molar-refractivity contribution is 9.10. The molecule has 1 heterocycles. The van der Waals surface area contributed by atoms with Gasteiger partial charge >= 0.3 is 0 Å². The van der Waals surface area contributed by atoms with Gasteiger partial charge in [-0.25, -0.2) is 4.39 Å². The molecule has 0 aromatic heterocycles. The first-order chi connectivity index (χ1) is 9.11. The molecule has 1 aromatic rings. The molecule has 0 radical (unpaired) electrons. The molecule has 19 heavy (non-hydrogen) atoms. The predicted molar refractivity (Wildman–Crippen MR) is 76.4 cm³/mol. The molecule has 1 fully saturated rings. The highest BCUT2D eigenvalue weighted by Crippen LogP contribution is 2.24. The molecule has 1 aliphatic rings. The molecule has 0 saturated carbocycles. The molecule has 1 aromatic carbocycles. The summed E-state index contributed by atoms with van der Waals surface area (Å²) in [4.78, 5) is 14.3. The number of nitrogens with two attached hydrogens (primary N) is 1. The van der Waals surface area contributed by atoms with Crippen molar-refractivity contribution in [2.45, 2.75) is 19.3 Å². The van der Waals surface area contributed by atoms with Crippen molar-refractivity contribution in [2.75, 3.05) is 19.6 Å². The van der Waals surface area contributed by atoms with Crippen LogP contribution in [0.1, 0.15) is 29.6 Å². The lowest BCUT2D eigenvalue weighted by Crippen LogP contribution is -2.40. The molecule has 1 amide bonds. The molecular weight excluding hydrogens is 311 g/mol. The van der Waals surface area contributed by atoms with Crippen molar-refractivity contribution in [3.63, 3.8) is 0 Å². The standard InChI is InChI=1S/C14H18BrFN2O/c15-13-8-11(16)3-4-12(13)14(19)18-7-1-2-10(9-18)5-6-17/h3-4,8,10H,1-2,5-7,9,17H2. The fourth-order valence-electron chi connectivity index (χ4n) is 2.55. The minimum atomic E-state index is -0.344. The van der Waals surface area contributed by atoms with Crippen molar-refractivity contribution in [1.29, 1.82) is 0 Å². The van der Waals surface area contributed by atoms with Crippen molar-refractivity contribution in [3.05, 3.63) is 34.1 Å². The topological polar surface area (TPSA) is 46.3 Å². The third kappa shape index (κ3) is 3.54. The smallest absolute Gasteiger partial charge is 0.255 e. The van der Waals surface area contributed by atoms with E-state index < -0.39 is 0 Å². The normalized spacial score (nSPS) is 19.5. The first-order valence-electron chi connectivity index (χ1n) is 6.56. The Kier molecular flexibility index (Phi) is 4.93. The number of carbonyl (C=O) groups excluding carboxylic acids is 1. The number of hydrogen-bond donors (Lipinski definition) is 1. The summed E-state index contributed by atoms with van der Waals surface area (Å²) in [6.07, 6.45) is 3.09. The van der Waals surface area contributed by atoms with Crippen LogP contribution < -0.4 is 5.73 Å². The largest absolute Gasteiger partial charge is 0.338 e. The van der Waals surface area contributed by atoms with Gasteiger partial charge in [0.1, 0.15) is 5.82 Å². The minimum Gasteiger partial charge on any atom is -0.338 e. The number of carbonyl (C=O) groups is 1. The van der Waals surface area contributed by atoms with Crippen molar-refractivity contribution in [1.82, 2.24) is 4.90 Å². The van der Waals surface area contributed by atoms with E-state index >= 15 is 0 Å². The van der Waals surface area contributed by atoms with Gasteiger partial charge in [-0.15, -0.1) is 0 Å². The molecule has 1 aliphatic heterocycles. The third-order valence-corrected chi connectivity index (χ3v) is 4.20. The number of piperidine rings is 1. The first kappa shape index (κ1) is 14.5. The summed E-state index contributed by atoms with van der Waals surface area (Å²) < 4.78 is 13.6. The summed E-state index contributed by atoms with van der Waals surface area (Å²) in [5.41, 5.74) is 6.10. The second-order valence-corrected chi connectivity index (χ2v) is 5.82. The van der Waals surface area contributed by atoms with E-state index in [1.807, 2.05) is 4.90 Å². The van der Waals surface area contributed by atoms with Gasteiger partial charge in [0.25, 0.3) is 5.91 Å². The lowest BCUT2D eigenvalue weighted by molar-refractivity contribution is 0.0668. The average Bonchev–Trinajstić information content (AvgIpc) is 2.39. The lowest BCUT2D eigenvalue weighted by atomic mass is 9.94. The van der Waals surface area contributed by atoms with E-state index in [4.69, 9.17) is 5.73 Å². The summed E-state index contributed by atoms with van der Waals surface area (Å²) in [5, 5.41) is 0. The van der Waals surface area contributed by atoms with Crippen molar-refractivity contribution in [2.24, 2.45) is 11.7 Å². The number of hydrogen-bond acceptors (Lipinski definition) is 2. The van der Waals surface area contributed by atoms with E-state index in [9.17, 15) is 9.18 Å². The zero-order valence-corrected chi connectivity index (χ0v) is 12.3.